The van der Waals surface area contributed by atoms with Gasteiger partial charge in [-0.1, -0.05) is 41.9 Å². The molecular weight excluding hydrogens is 366 g/mol. The third-order valence-corrected chi connectivity index (χ3v) is 4.93. The fraction of sp³-hybridized carbons (Fsp3) is 0.100. The second kappa shape index (κ2) is 8.17. The van der Waals surface area contributed by atoms with Crippen LogP contribution in [0.15, 0.2) is 76.8 Å². The van der Waals surface area contributed by atoms with E-state index in [0.29, 0.717) is 22.8 Å². The monoisotopic (exact) mass is 383 g/mol. The highest BCUT2D eigenvalue weighted by Crippen LogP contribution is 2.22. The Labute approximate surface area is 161 Å². The third-order valence-electron chi connectivity index (χ3n) is 3.83. The van der Waals surface area contributed by atoms with Gasteiger partial charge in [-0.3, -0.25) is 0 Å². The highest BCUT2D eigenvalue weighted by atomic mass is 35.5. The third kappa shape index (κ3) is 3.95. The number of phenolic OH excluding ortho intramolecular Hbond substituents is 1. The average Bonchev–Trinajstić information content (AvgIpc) is 3.04. The number of nitrogens with zero attached hydrogens (tertiary/aromatic N) is 3. The number of aromatic nitrogens is 1. The molecule has 1 heterocycles. The van der Waals surface area contributed by atoms with Crippen LogP contribution >= 0.6 is 22.9 Å². The van der Waals surface area contributed by atoms with Gasteiger partial charge in [-0.15, -0.1) is 23.0 Å². The molecule has 0 aliphatic heterocycles. The summed E-state index contributed by atoms with van der Waals surface area (Å²) in [5, 5.41) is 21.4. The number of phenols is 1. The average molecular weight is 384 g/mol. The lowest BCUT2D eigenvalue weighted by Crippen LogP contribution is -2.15. The van der Waals surface area contributed by atoms with Gasteiger partial charge in [0.25, 0.3) is 0 Å². The van der Waals surface area contributed by atoms with Crippen molar-refractivity contribution in [2.24, 2.45) is 10.2 Å². The Bertz CT molecular complexity index is 1020. The quantitative estimate of drug-likeness (QED) is 0.372. The van der Waals surface area contributed by atoms with E-state index in [1.807, 2.05) is 59.3 Å². The van der Waals surface area contributed by atoms with Crippen molar-refractivity contribution in [3.63, 3.8) is 0 Å². The van der Waals surface area contributed by atoms with Gasteiger partial charge >= 0.3 is 0 Å². The molecule has 2 aromatic carbocycles. The lowest BCUT2D eigenvalue weighted by atomic mass is 10.1. The molecule has 4 nitrogen and oxygen atoms in total. The molecule has 0 saturated carbocycles. The molecule has 0 amide bonds. The van der Waals surface area contributed by atoms with Gasteiger partial charge in [0, 0.05) is 22.5 Å². The lowest BCUT2D eigenvalue weighted by Gasteiger charge is -2.06. The van der Waals surface area contributed by atoms with E-state index in [1.165, 1.54) is 11.3 Å². The second-order valence-corrected chi connectivity index (χ2v) is 6.89. The Morgan fingerprint density at radius 1 is 1.23 bits per heavy atom. The first-order valence-corrected chi connectivity index (χ1v) is 9.27. The van der Waals surface area contributed by atoms with Crippen molar-refractivity contribution in [1.82, 2.24) is 4.57 Å². The van der Waals surface area contributed by atoms with Crippen LogP contribution < -0.4 is 4.80 Å². The second-order valence-electron chi connectivity index (χ2n) is 5.61. The van der Waals surface area contributed by atoms with Crippen LogP contribution in [0.25, 0.3) is 11.3 Å². The Hall–Kier alpha value is -2.63. The van der Waals surface area contributed by atoms with Gasteiger partial charge < -0.3 is 9.67 Å². The van der Waals surface area contributed by atoms with Crippen LogP contribution in [0.1, 0.15) is 12.5 Å². The number of hydrogen-bond donors (Lipinski definition) is 1. The molecule has 0 aliphatic carbocycles. The van der Waals surface area contributed by atoms with Crippen molar-refractivity contribution in [3.8, 4) is 17.0 Å². The Morgan fingerprint density at radius 3 is 2.65 bits per heavy atom. The molecule has 0 fully saturated rings. The maximum Gasteiger partial charge on any atom is 0.211 e. The van der Waals surface area contributed by atoms with Gasteiger partial charge in [0.05, 0.1) is 11.4 Å². The van der Waals surface area contributed by atoms with Gasteiger partial charge in [0.15, 0.2) is 0 Å². The number of aromatic hydroxyl groups is 1. The van der Waals surface area contributed by atoms with E-state index in [2.05, 4.69) is 16.8 Å². The van der Waals surface area contributed by atoms with Gasteiger partial charge in [-0.05, 0) is 36.8 Å². The molecule has 1 N–H and O–H groups in total. The van der Waals surface area contributed by atoms with Gasteiger partial charge in [0.2, 0.25) is 4.80 Å². The lowest BCUT2D eigenvalue weighted by molar-refractivity contribution is 0.474. The fourth-order valence-electron chi connectivity index (χ4n) is 2.52. The highest BCUT2D eigenvalue weighted by Gasteiger charge is 2.08. The van der Waals surface area contributed by atoms with E-state index < -0.39 is 0 Å². The van der Waals surface area contributed by atoms with Crippen LogP contribution in [-0.2, 0) is 6.54 Å². The molecule has 0 bridgehead atoms. The Kier molecular flexibility index (Phi) is 5.71. The van der Waals surface area contributed by atoms with E-state index in [1.54, 1.807) is 12.1 Å². The summed E-state index contributed by atoms with van der Waals surface area (Å²) in [6.07, 6.45) is 1.82. The van der Waals surface area contributed by atoms with E-state index in [0.717, 1.165) is 16.1 Å². The molecule has 0 atom stereocenters. The van der Waals surface area contributed by atoms with Crippen LogP contribution in [0.2, 0.25) is 5.02 Å². The molecule has 3 rings (SSSR count). The molecular formula is C20H18ClN3OS. The van der Waals surface area contributed by atoms with Gasteiger partial charge in [-0.2, -0.15) is 5.10 Å². The summed E-state index contributed by atoms with van der Waals surface area (Å²) in [6.45, 7) is 6.27. The number of rotatable bonds is 5. The predicted molar refractivity (Wildman–Crippen MR) is 109 cm³/mol. The van der Waals surface area contributed by atoms with E-state index >= 15 is 0 Å². The summed E-state index contributed by atoms with van der Waals surface area (Å²) < 4.78 is 2.04. The summed E-state index contributed by atoms with van der Waals surface area (Å²) in [4.78, 5) is 0.754. The molecule has 0 aliphatic rings. The molecule has 0 unspecified atom stereocenters. The maximum absolute atomic E-state index is 9.94. The Morgan fingerprint density at radius 2 is 1.96 bits per heavy atom. The van der Waals surface area contributed by atoms with Crippen LogP contribution in [0, 0.1) is 0 Å². The number of para-hydroxylation sites is 1. The van der Waals surface area contributed by atoms with Crippen molar-refractivity contribution in [2.45, 2.75) is 13.5 Å². The smallest absolute Gasteiger partial charge is 0.211 e. The molecule has 0 spiro atoms. The largest absolute Gasteiger partial charge is 0.507 e. The van der Waals surface area contributed by atoms with Crippen molar-refractivity contribution in [1.29, 1.82) is 0 Å². The minimum Gasteiger partial charge on any atom is -0.507 e. The number of allylic oxidation sites excluding steroid dienone is 1. The summed E-state index contributed by atoms with van der Waals surface area (Å²) in [5.41, 5.74) is 3.40. The van der Waals surface area contributed by atoms with Crippen molar-refractivity contribution >= 4 is 28.6 Å². The summed E-state index contributed by atoms with van der Waals surface area (Å²) >= 11 is 7.49. The standard InChI is InChI=1S/C20H18ClN3OS/c1-3-12-24-18(15-8-10-16(21)11-9-15)13-26-20(24)23-22-14(2)17-6-4-5-7-19(17)25/h3-11,13,25H,1,12H2,2H3. The number of halogens is 1. The molecule has 6 heteroatoms. The molecule has 132 valence electrons. The number of hydrogen-bond acceptors (Lipinski definition) is 4. The first-order chi connectivity index (χ1) is 12.6. The minimum atomic E-state index is 0.191. The first kappa shape index (κ1) is 18.2. The number of benzene rings is 2. The molecule has 3 aromatic rings. The van der Waals surface area contributed by atoms with Crippen LogP contribution in [0.4, 0.5) is 0 Å². The molecule has 0 saturated heterocycles. The first-order valence-electron chi connectivity index (χ1n) is 8.02. The van der Waals surface area contributed by atoms with Gasteiger partial charge in [0.1, 0.15) is 5.75 Å². The summed E-state index contributed by atoms with van der Waals surface area (Å²) in [7, 11) is 0. The van der Waals surface area contributed by atoms with Crippen LogP contribution in [0.5, 0.6) is 5.75 Å². The zero-order valence-electron chi connectivity index (χ0n) is 14.3. The Balaban J connectivity index is 2.03. The zero-order valence-corrected chi connectivity index (χ0v) is 15.8. The molecule has 0 radical (unpaired) electrons. The van der Waals surface area contributed by atoms with Crippen molar-refractivity contribution in [3.05, 3.63) is 82.0 Å². The topological polar surface area (TPSA) is 49.9 Å². The summed E-state index contributed by atoms with van der Waals surface area (Å²) in [5.74, 6) is 0.191. The number of thiazole rings is 1. The molecule has 26 heavy (non-hydrogen) atoms. The maximum atomic E-state index is 9.94. The van der Waals surface area contributed by atoms with Gasteiger partial charge in [-0.25, -0.2) is 0 Å². The normalized spacial score (nSPS) is 12.4. The van der Waals surface area contributed by atoms with E-state index in [-0.39, 0.29) is 5.75 Å². The van der Waals surface area contributed by atoms with Crippen molar-refractivity contribution < 1.29 is 5.11 Å². The van der Waals surface area contributed by atoms with E-state index in [4.69, 9.17) is 11.6 Å². The van der Waals surface area contributed by atoms with E-state index in [9.17, 15) is 5.11 Å². The minimum absolute atomic E-state index is 0.191. The predicted octanol–water partition coefficient (Wildman–Crippen LogP) is 5.09. The van der Waals surface area contributed by atoms with Crippen molar-refractivity contribution in [2.75, 3.05) is 0 Å². The zero-order chi connectivity index (χ0) is 18.5. The van der Waals surface area contributed by atoms with Crippen LogP contribution in [0.3, 0.4) is 0 Å². The fourth-order valence-corrected chi connectivity index (χ4v) is 3.51. The van der Waals surface area contributed by atoms with Crippen LogP contribution in [-0.4, -0.2) is 15.4 Å². The summed E-state index contributed by atoms with van der Waals surface area (Å²) in [6, 6.07) is 14.8. The highest BCUT2D eigenvalue weighted by molar-refractivity contribution is 7.07. The SMILES string of the molecule is C=CCn1c(-c2ccc(Cl)cc2)csc1=NN=C(C)c1ccccc1O. The molecule has 1 aromatic heterocycles.